The molecule has 0 radical (unpaired) electrons. The molecule has 6 heteroatoms. The maximum Gasteiger partial charge on any atom is 0.416 e. The fourth-order valence-electron chi connectivity index (χ4n) is 2.97. The Hall–Kier alpha value is -2.11. The van der Waals surface area contributed by atoms with Crippen molar-refractivity contribution in [3.8, 4) is 0 Å². The number of anilines is 1. The van der Waals surface area contributed by atoms with E-state index in [9.17, 15) is 9.59 Å². The molecule has 1 aliphatic rings. The van der Waals surface area contributed by atoms with Gasteiger partial charge in [-0.1, -0.05) is 13.0 Å². The molecule has 132 valence electrons. The van der Waals surface area contributed by atoms with Crippen LogP contribution < -0.4 is 4.90 Å². The van der Waals surface area contributed by atoms with Gasteiger partial charge in [-0.2, -0.15) is 0 Å². The Morgan fingerprint density at radius 1 is 1.50 bits per heavy atom. The molecule has 1 aliphatic heterocycles. The number of ether oxygens (including phenoxy) is 1. The summed E-state index contributed by atoms with van der Waals surface area (Å²) in [5.41, 5.74) is 0.335. The van der Waals surface area contributed by atoms with Crippen LogP contribution in [0.3, 0.4) is 0 Å². The van der Waals surface area contributed by atoms with E-state index in [2.05, 4.69) is 4.98 Å². The number of rotatable bonds is 5. The van der Waals surface area contributed by atoms with Crippen molar-refractivity contribution in [2.45, 2.75) is 58.6 Å². The molecule has 6 nitrogen and oxygen atoms in total. The van der Waals surface area contributed by atoms with Gasteiger partial charge in [-0.25, -0.2) is 9.78 Å². The van der Waals surface area contributed by atoms with Crippen molar-refractivity contribution in [1.29, 1.82) is 0 Å². The molecule has 2 amide bonds. The van der Waals surface area contributed by atoms with Crippen molar-refractivity contribution >= 4 is 18.3 Å². The van der Waals surface area contributed by atoms with Crippen LogP contribution in [0.4, 0.5) is 10.6 Å². The summed E-state index contributed by atoms with van der Waals surface area (Å²) in [5, 5.41) is 0. The molecule has 2 rings (SSSR count). The van der Waals surface area contributed by atoms with Crippen LogP contribution >= 0.6 is 0 Å². The van der Waals surface area contributed by atoms with Crippen LogP contribution in [0.1, 0.15) is 58.6 Å². The van der Waals surface area contributed by atoms with Gasteiger partial charge in [0, 0.05) is 24.8 Å². The molecule has 24 heavy (non-hydrogen) atoms. The number of likely N-dealkylation sites (tertiary alicyclic amines) is 1. The van der Waals surface area contributed by atoms with Crippen molar-refractivity contribution in [1.82, 2.24) is 9.88 Å². The predicted molar refractivity (Wildman–Crippen MR) is 92.9 cm³/mol. The molecule has 2 heterocycles. The molecular formula is C18H27N3O3. The summed E-state index contributed by atoms with van der Waals surface area (Å²) in [5.74, 6) is 0.590. The highest BCUT2D eigenvalue weighted by atomic mass is 16.6. The molecule has 1 saturated heterocycles. The SMILES string of the molecule is CCCN(C(=O)OC(C)(C)C)c1ncccc1C1CCCN1C=O. The Morgan fingerprint density at radius 3 is 2.88 bits per heavy atom. The zero-order valence-electron chi connectivity index (χ0n) is 15.0. The molecule has 0 bridgehead atoms. The third-order valence-corrected chi connectivity index (χ3v) is 3.92. The number of amides is 2. The number of hydrogen-bond donors (Lipinski definition) is 0. The first kappa shape index (κ1) is 18.2. The van der Waals surface area contributed by atoms with Crippen molar-refractivity contribution in [3.63, 3.8) is 0 Å². The Labute approximate surface area is 143 Å². The molecule has 0 aromatic carbocycles. The Bertz CT molecular complexity index is 583. The average Bonchev–Trinajstić information content (AvgIpc) is 2.99. The first-order chi connectivity index (χ1) is 11.4. The maximum absolute atomic E-state index is 12.6. The van der Waals surface area contributed by atoms with E-state index in [4.69, 9.17) is 4.74 Å². The molecule has 1 atom stereocenters. The second-order valence-electron chi connectivity index (χ2n) is 7.05. The summed E-state index contributed by atoms with van der Waals surface area (Å²) < 4.78 is 5.54. The lowest BCUT2D eigenvalue weighted by molar-refractivity contribution is -0.118. The predicted octanol–water partition coefficient (Wildman–Crippen LogP) is 3.53. The summed E-state index contributed by atoms with van der Waals surface area (Å²) in [6, 6.07) is 3.76. The number of carbonyl (C=O) groups is 2. The van der Waals surface area contributed by atoms with E-state index in [1.54, 1.807) is 16.0 Å². The van der Waals surface area contributed by atoms with Gasteiger partial charge in [-0.05, 0) is 46.1 Å². The second kappa shape index (κ2) is 7.64. The van der Waals surface area contributed by atoms with E-state index >= 15 is 0 Å². The summed E-state index contributed by atoms with van der Waals surface area (Å²) in [6.45, 7) is 8.81. The van der Waals surface area contributed by atoms with Gasteiger partial charge in [0.05, 0.1) is 6.04 Å². The number of carbonyl (C=O) groups excluding carboxylic acids is 2. The van der Waals surface area contributed by atoms with Gasteiger partial charge in [-0.15, -0.1) is 0 Å². The van der Waals surface area contributed by atoms with Crippen LogP contribution in [0, 0.1) is 0 Å². The summed E-state index contributed by atoms with van der Waals surface area (Å²) in [7, 11) is 0. The zero-order chi connectivity index (χ0) is 17.7. The van der Waals surface area contributed by atoms with E-state index in [1.165, 1.54) is 0 Å². The smallest absolute Gasteiger partial charge is 0.416 e. The topological polar surface area (TPSA) is 62.7 Å². The van der Waals surface area contributed by atoms with E-state index in [0.29, 0.717) is 12.4 Å². The first-order valence-corrected chi connectivity index (χ1v) is 8.54. The number of aromatic nitrogens is 1. The van der Waals surface area contributed by atoms with Crippen molar-refractivity contribution in [3.05, 3.63) is 23.9 Å². The van der Waals surface area contributed by atoms with Crippen LogP contribution in [0.2, 0.25) is 0 Å². The lowest BCUT2D eigenvalue weighted by Gasteiger charge is -2.30. The van der Waals surface area contributed by atoms with E-state index < -0.39 is 11.7 Å². The van der Waals surface area contributed by atoms with Crippen molar-refractivity contribution in [2.75, 3.05) is 18.0 Å². The minimum Gasteiger partial charge on any atom is -0.443 e. The van der Waals surface area contributed by atoms with Crippen LogP contribution in [-0.4, -0.2) is 41.1 Å². The molecule has 0 saturated carbocycles. The van der Waals surface area contributed by atoms with Crippen molar-refractivity contribution in [2.24, 2.45) is 0 Å². The number of hydrogen-bond acceptors (Lipinski definition) is 4. The Balaban J connectivity index is 2.36. The van der Waals surface area contributed by atoms with Crippen LogP contribution in [0.15, 0.2) is 18.3 Å². The van der Waals surface area contributed by atoms with Gasteiger partial charge >= 0.3 is 6.09 Å². The Kier molecular flexibility index (Phi) is 5.80. The van der Waals surface area contributed by atoms with Crippen LogP contribution in [-0.2, 0) is 9.53 Å². The number of nitrogens with zero attached hydrogens (tertiary/aromatic N) is 3. The van der Waals surface area contributed by atoms with Gasteiger partial charge in [0.25, 0.3) is 0 Å². The molecular weight excluding hydrogens is 306 g/mol. The second-order valence-corrected chi connectivity index (χ2v) is 7.05. The molecule has 0 spiro atoms. The highest BCUT2D eigenvalue weighted by Crippen LogP contribution is 2.35. The molecule has 1 aromatic heterocycles. The highest BCUT2D eigenvalue weighted by molar-refractivity contribution is 5.87. The van der Waals surface area contributed by atoms with Gasteiger partial charge in [0.2, 0.25) is 6.41 Å². The van der Waals surface area contributed by atoms with Crippen molar-refractivity contribution < 1.29 is 14.3 Å². The van der Waals surface area contributed by atoms with Crippen LogP contribution in [0.5, 0.6) is 0 Å². The summed E-state index contributed by atoms with van der Waals surface area (Å²) >= 11 is 0. The maximum atomic E-state index is 12.6. The molecule has 1 aromatic rings. The third-order valence-electron chi connectivity index (χ3n) is 3.92. The van der Waals surface area contributed by atoms with Gasteiger partial charge in [-0.3, -0.25) is 9.69 Å². The molecule has 1 unspecified atom stereocenters. The summed E-state index contributed by atoms with van der Waals surface area (Å²) in [4.78, 5) is 31.8. The number of pyridine rings is 1. The fraction of sp³-hybridized carbons (Fsp3) is 0.611. The third kappa shape index (κ3) is 4.24. The lowest BCUT2D eigenvalue weighted by Crippen LogP contribution is -2.39. The van der Waals surface area contributed by atoms with E-state index in [0.717, 1.165) is 37.8 Å². The van der Waals surface area contributed by atoms with Gasteiger partial charge in [0.15, 0.2) is 0 Å². The van der Waals surface area contributed by atoms with Crippen LogP contribution in [0.25, 0.3) is 0 Å². The minimum absolute atomic E-state index is 0.0343. The normalized spacial score (nSPS) is 17.7. The molecule has 0 aliphatic carbocycles. The molecule has 1 fully saturated rings. The summed E-state index contributed by atoms with van der Waals surface area (Å²) in [6.07, 6.45) is 4.78. The average molecular weight is 333 g/mol. The largest absolute Gasteiger partial charge is 0.443 e. The fourth-order valence-corrected chi connectivity index (χ4v) is 2.97. The van der Waals surface area contributed by atoms with E-state index in [-0.39, 0.29) is 6.04 Å². The quantitative estimate of drug-likeness (QED) is 0.773. The highest BCUT2D eigenvalue weighted by Gasteiger charge is 2.31. The van der Waals surface area contributed by atoms with E-state index in [1.807, 2.05) is 39.8 Å². The zero-order valence-corrected chi connectivity index (χ0v) is 15.0. The Morgan fingerprint density at radius 2 is 2.25 bits per heavy atom. The lowest BCUT2D eigenvalue weighted by atomic mass is 10.1. The monoisotopic (exact) mass is 333 g/mol. The standard InChI is InChI=1S/C18H27N3O3/c1-5-11-21(17(23)24-18(2,3)4)16-14(8-6-10-19-16)15-9-7-12-20(15)13-22/h6,8,10,13,15H,5,7,9,11-12H2,1-4H3. The first-order valence-electron chi connectivity index (χ1n) is 8.54. The van der Waals surface area contributed by atoms with Gasteiger partial charge < -0.3 is 9.64 Å². The van der Waals surface area contributed by atoms with Gasteiger partial charge in [0.1, 0.15) is 11.4 Å². The molecule has 0 N–H and O–H groups in total. The minimum atomic E-state index is -0.569.